The highest BCUT2D eigenvalue weighted by Crippen LogP contribution is 2.41. The molecule has 2 N–H and O–H groups in total. The Morgan fingerprint density at radius 2 is 1.48 bits per heavy atom. The maximum absolute atomic E-state index is 6.72. The van der Waals surface area contributed by atoms with Crippen molar-refractivity contribution >= 4 is 0 Å². The molecule has 110 valence electrons. The molecule has 0 amide bonds. The fourth-order valence-electron chi connectivity index (χ4n) is 3.53. The van der Waals surface area contributed by atoms with Crippen molar-refractivity contribution in [2.24, 2.45) is 17.6 Å². The Hall–Kier alpha value is -1.60. The van der Waals surface area contributed by atoms with E-state index in [0.29, 0.717) is 5.92 Å². The first-order valence-corrected chi connectivity index (χ1v) is 8.03. The molecule has 0 aliphatic heterocycles. The summed E-state index contributed by atoms with van der Waals surface area (Å²) in [6, 6.07) is 19.4. The lowest BCUT2D eigenvalue weighted by Crippen LogP contribution is -2.43. The zero-order chi connectivity index (χ0) is 14.9. The Balaban J connectivity index is 1.84. The maximum Gasteiger partial charge on any atom is 0.0412 e. The fraction of sp³-hybridized carbons (Fsp3) is 0.400. The molecule has 3 rings (SSSR count). The molecule has 2 aromatic rings. The second-order valence-corrected chi connectivity index (χ2v) is 6.80. The van der Waals surface area contributed by atoms with E-state index in [9.17, 15) is 0 Å². The summed E-state index contributed by atoms with van der Waals surface area (Å²) >= 11 is 0. The summed E-state index contributed by atoms with van der Waals surface area (Å²) in [5, 5.41) is 0. The van der Waals surface area contributed by atoms with Crippen molar-refractivity contribution in [1.29, 1.82) is 0 Å². The molecule has 1 nitrogen and oxygen atoms in total. The highest BCUT2D eigenvalue weighted by atomic mass is 14.8. The predicted molar refractivity (Wildman–Crippen MR) is 89.9 cm³/mol. The van der Waals surface area contributed by atoms with E-state index in [1.807, 2.05) is 0 Å². The predicted octanol–water partition coefficient (Wildman–Crippen LogP) is 4.96. The molecule has 21 heavy (non-hydrogen) atoms. The van der Waals surface area contributed by atoms with E-state index in [0.717, 1.165) is 18.8 Å². The van der Waals surface area contributed by atoms with Crippen molar-refractivity contribution in [3.05, 3.63) is 60.2 Å². The van der Waals surface area contributed by atoms with E-state index in [4.69, 9.17) is 5.73 Å². The Morgan fingerprint density at radius 3 is 2.10 bits per heavy atom. The molecule has 3 unspecified atom stereocenters. The van der Waals surface area contributed by atoms with Crippen LogP contribution in [0.25, 0.3) is 11.1 Å². The van der Waals surface area contributed by atoms with Gasteiger partial charge in [0.1, 0.15) is 0 Å². The van der Waals surface area contributed by atoms with E-state index in [2.05, 4.69) is 68.4 Å². The molecule has 0 saturated heterocycles. The quantitative estimate of drug-likeness (QED) is 0.825. The van der Waals surface area contributed by atoms with Gasteiger partial charge in [-0.05, 0) is 47.8 Å². The highest BCUT2D eigenvalue weighted by Gasteiger charge is 2.35. The normalized spacial score (nSPS) is 29.3. The molecule has 0 aromatic heterocycles. The van der Waals surface area contributed by atoms with Gasteiger partial charge in [-0.15, -0.1) is 0 Å². The van der Waals surface area contributed by atoms with Gasteiger partial charge in [0.25, 0.3) is 0 Å². The summed E-state index contributed by atoms with van der Waals surface area (Å²) in [5.74, 6) is 1.50. The van der Waals surface area contributed by atoms with Crippen molar-refractivity contribution < 1.29 is 0 Å². The van der Waals surface area contributed by atoms with Crippen LogP contribution in [-0.4, -0.2) is 0 Å². The molecular weight excluding hydrogens is 254 g/mol. The molecule has 1 aliphatic carbocycles. The largest absolute Gasteiger partial charge is 0.321 e. The molecule has 1 fully saturated rings. The van der Waals surface area contributed by atoms with Crippen LogP contribution in [0.5, 0.6) is 0 Å². The third-order valence-electron chi connectivity index (χ3n) is 5.27. The minimum absolute atomic E-state index is 0.138. The van der Waals surface area contributed by atoms with Crippen LogP contribution in [0.4, 0.5) is 0 Å². The summed E-state index contributed by atoms with van der Waals surface area (Å²) in [5.41, 5.74) is 10.4. The minimum Gasteiger partial charge on any atom is -0.321 e. The van der Waals surface area contributed by atoms with Crippen LogP contribution < -0.4 is 5.73 Å². The SMILES string of the molecule is CC1CCC(N)(c2ccc(-c3ccccc3)cc2)CC1C. The van der Waals surface area contributed by atoms with Gasteiger partial charge in [-0.3, -0.25) is 0 Å². The van der Waals surface area contributed by atoms with Gasteiger partial charge >= 0.3 is 0 Å². The van der Waals surface area contributed by atoms with Gasteiger partial charge in [0.15, 0.2) is 0 Å². The van der Waals surface area contributed by atoms with Crippen molar-refractivity contribution in [3.8, 4) is 11.1 Å². The number of benzene rings is 2. The van der Waals surface area contributed by atoms with Gasteiger partial charge in [-0.25, -0.2) is 0 Å². The fourth-order valence-corrected chi connectivity index (χ4v) is 3.53. The van der Waals surface area contributed by atoms with E-state index >= 15 is 0 Å². The average Bonchev–Trinajstić information content (AvgIpc) is 2.52. The lowest BCUT2D eigenvalue weighted by atomic mass is 9.69. The topological polar surface area (TPSA) is 26.0 Å². The monoisotopic (exact) mass is 279 g/mol. The van der Waals surface area contributed by atoms with E-state index in [1.165, 1.54) is 23.1 Å². The number of hydrogen-bond acceptors (Lipinski definition) is 1. The molecule has 3 atom stereocenters. The van der Waals surface area contributed by atoms with Crippen molar-refractivity contribution in [1.82, 2.24) is 0 Å². The standard InChI is InChI=1S/C20H25N/c1-15-12-13-20(21,14-16(15)2)19-10-8-18(9-11-19)17-6-4-3-5-7-17/h3-11,15-16H,12-14,21H2,1-2H3. The molecule has 0 bridgehead atoms. The van der Waals surface area contributed by atoms with Crippen LogP contribution in [0.15, 0.2) is 54.6 Å². The minimum atomic E-state index is -0.138. The van der Waals surface area contributed by atoms with Gasteiger partial charge in [0.05, 0.1) is 0 Å². The number of nitrogens with two attached hydrogens (primary N) is 1. The summed E-state index contributed by atoms with van der Waals surface area (Å²) < 4.78 is 0. The molecule has 0 heterocycles. The second kappa shape index (κ2) is 5.65. The molecule has 0 spiro atoms. The lowest BCUT2D eigenvalue weighted by Gasteiger charge is -2.40. The third kappa shape index (κ3) is 2.89. The van der Waals surface area contributed by atoms with Gasteiger partial charge in [0.2, 0.25) is 0 Å². The van der Waals surface area contributed by atoms with Gasteiger partial charge < -0.3 is 5.73 Å². The zero-order valence-electron chi connectivity index (χ0n) is 13.0. The van der Waals surface area contributed by atoms with E-state index in [1.54, 1.807) is 0 Å². The van der Waals surface area contributed by atoms with Gasteiger partial charge in [0, 0.05) is 5.54 Å². The van der Waals surface area contributed by atoms with Gasteiger partial charge in [-0.1, -0.05) is 68.4 Å². The molecule has 0 radical (unpaired) electrons. The first kappa shape index (κ1) is 14.3. The number of rotatable bonds is 2. The van der Waals surface area contributed by atoms with E-state index in [-0.39, 0.29) is 5.54 Å². The van der Waals surface area contributed by atoms with Crippen molar-refractivity contribution in [3.63, 3.8) is 0 Å². The molecular formula is C20H25N. The van der Waals surface area contributed by atoms with Crippen molar-refractivity contribution in [2.75, 3.05) is 0 Å². The van der Waals surface area contributed by atoms with Crippen molar-refractivity contribution in [2.45, 2.75) is 38.6 Å². The molecule has 1 aliphatic rings. The average molecular weight is 279 g/mol. The zero-order valence-corrected chi connectivity index (χ0v) is 13.0. The summed E-state index contributed by atoms with van der Waals surface area (Å²) in [4.78, 5) is 0. The van der Waals surface area contributed by atoms with Crippen LogP contribution in [-0.2, 0) is 5.54 Å². The summed E-state index contributed by atoms with van der Waals surface area (Å²) in [6.07, 6.45) is 3.43. The number of hydrogen-bond donors (Lipinski definition) is 1. The van der Waals surface area contributed by atoms with Crippen LogP contribution in [0.2, 0.25) is 0 Å². The Labute approximate surface area is 128 Å². The first-order valence-electron chi connectivity index (χ1n) is 8.03. The van der Waals surface area contributed by atoms with Crippen LogP contribution in [0, 0.1) is 11.8 Å². The maximum atomic E-state index is 6.72. The van der Waals surface area contributed by atoms with Crippen LogP contribution in [0.1, 0.15) is 38.7 Å². The Morgan fingerprint density at radius 1 is 0.857 bits per heavy atom. The second-order valence-electron chi connectivity index (χ2n) is 6.80. The lowest BCUT2D eigenvalue weighted by molar-refractivity contribution is 0.177. The van der Waals surface area contributed by atoms with Crippen LogP contribution in [0.3, 0.4) is 0 Å². The third-order valence-corrected chi connectivity index (χ3v) is 5.27. The molecule has 2 aromatic carbocycles. The Kier molecular flexibility index (Phi) is 3.86. The summed E-state index contributed by atoms with van der Waals surface area (Å²) in [6.45, 7) is 4.69. The van der Waals surface area contributed by atoms with E-state index < -0.39 is 0 Å². The molecule has 1 heteroatoms. The summed E-state index contributed by atoms with van der Waals surface area (Å²) in [7, 11) is 0. The first-order chi connectivity index (χ1) is 10.1. The van der Waals surface area contributed by atoms with Crippen LogP contribution >= 0.6 is 0 Å². The smallest absolute Gasteiger partial charge is 0.0412 e. The highest BCUT2D eigenvalue weighted by molar-refractivity contribution is 5.63. The molecule has 1 saturated carbocycles. The van der Waals surface area contributed by atoms with Gasteiger partial charge in [-0.2, -0.15) is 0 Å². The Bertz CT molecular complexity index is 587.